The number of nitrogens with one attached hydrogen (secondary N) is 2. The van der Waals surface area contributed by atoms with Gasteiger partial charge in [-0.15, -0.1) is 10.2 Å². The number of para-hydroxylation sites is 1. The van der Waals surface area contributed by atoms with E-state index in [0.29, 0.717) is 27.1 Å². The first-order valence-corrected chi connectivity index (χ1v) is 7.95. The summed E-state index contributed by atoms with van der Waals surface area (Å²) >= 11 is 12.6. The van der Waals surface area contributed by atoms with Crippen molar-refractivity contribution in [3.63, 3.8) is 0 Å². The predicted octanol–water partition coefficient (Wildman–Crippen LogP) is 2.72. The van der Waals surface area contributed by atoms with Crippen LogP contribution in [0.2, 0.25) is 10.2 Å². The summed E-state index contributed by atoms with van der Waals surface area (Å²) in [6.07, 6.45) is 1.48. The molecule has 0 aliphatic heterocycles. The average Bonchev–Trinajstić information content (AvgIpc) is 2.86. The first-order chi connectivity index (χ1) is 12.0. The number of hydrogen-bond acceptors (Lipinski definition) is 6. The SMILES string of the molecule is Cc1nn(-c2ccccc2Cl)c(Cl)c1/C=N\Nc1nnc(C)c(=O)[nH]1. The van der Waals surface area contributed by atoms with Crippen molar-refractivity contribution in [2.24, 2.45) is 5.10 Å². The zero-order chi connectivity index (χ0) is 18.0. The van der Waals surface area contributed by atoms with Crippen LogP contribution in [0.3, 0.4) is 0 Å². The molecule has 0 radical (unpaired) electrons. The van der Waals surface area contributed by atoms with E-state index < -0.39 is 0 Å². The van der Waals surface area contributed by atoms with E-state index in [0.717, 1.165) is 0 Å². The van der Waals surface area contributed by atoms with Gasteiger partial charge in [0.05, 0.1) is 28.2 Å². The fraction of sp³-hybridized carbons (Fsp3) is 0.133. The number of hydrazone groups is 1. The van der Waals surface area contributed by atoms with Crippen LogP contribution in [0.4, 0.5) is 5.95 Å². The third kappa shape index (κ3) is 3.54. The van der Waals surface area contributed by atoms with Crippen LogP contribution < -0.4 is 11.0 Å². The number of aromatic nitrogens is 5. The molecule has 0 amide bonds. The smallest absolute Gasteiger partial charge is 0.274 e. The maximum Gasteiger partial charge on any atom is 0.274 e. The molecule has 2 N–H and O–H groups in total. The molecule has 2 aromatic heterocycles. The molecule has 0 bridgehead atoms. The second kappa shape index (κ2) is 7.04. The van der Waals surface area contributed by atoms with Gasteiger partial charge in [0.1, 0.15) is 10.8 Å². The molecule has 0 unspecified atom stereocenters. The zero-order valence-corrected chi connectivity index (χ0v) is 14.8. The Labute approximate surface area is 152 Å². The second-order valence-corrected chi connectivity index (χ2v) is 5.88. The van der Waals surface area contributed by atoms with Gasteiger partial charge in [0.15, 0.2) is 0 Å². The molecule has 0 aliphatic rings. The standard InChI is InChI=1S/C15H13Cl2N7O/c1-8-10(7-18-21-15-19-14(25)9(2)20-22-15)13(17)24(23-8)12-6-4-3-5-11(12)16/h3-7H,1-2H3,(H2,19,21,22,25)/b18-7-. The summed E-state index contributed by atoms with van der Waals surface area (Å²) in [7, 11) is 0. The molecule has 0 fully saturated rings. The molecule has 10 heteroatoms. The summed E-state index contributed by atoms with van der Waals surface area (Å²) in [5.41, 5.74) is 4.47. The molecule has 0 atom stereocenters. The number of aromatic amines is 1. The molecular formula is C15H13Cl2N7O. The Morgan fingerprint density at radius 1 is 1.20 bits per heavy atom. The largest absolute Gasteiger partial charge is 0.288 e. The summed E-state index contributed by atoms with van der Waals surface area (Å²) in [4.78, 5) is 14.0. The number of anilines is 1. The number of nitrogens with zero attached hydrogens (tertiary/aromatic N) is 5. The molecule has 25 heavy (non-hydrogen) atoms. The molecule has 0 spiro atoms. The van der Waals surface area contributed by atoms with Crippen molar-refractivity contribution in [2.75, 3.05) is 5.43 Å². The van der Waals surface area contributed by atoms with Crippen LogP contribution in [0.1, 0.15) is 17.0 Å². The lowest BCUT2D eigenvalue weighted by atomic mass is 10.3. The molecule has 0 saturated heterocycles. The fourth-order valence-electron chi connectivity index (χ4n) is 2.04. The third-order valence-corrected chi connectivity index (χ3v) is 4.04. The third-order valence-electron chi connectivity index (χ3n) is 3.35. The first kappa shape index (κ1) is 17.1. The first-order valence-electron chi connectivity index (χ1n) is 7.20. The highest BCUT2D eigenvalue weighted by Gasteiger charge is 2.14. The van der Waals surface area contributed by atoms with Gasteiger partial charge in [-0.2, -0.15) is 10.2 Å². The summed E-state index contributed by atoms with van der Waals surface area (Å²) in [5.74, 6) is 0.124. The Morgan fingerprint density at radius 2 is 1.96 bits per heavy atom. The van der Waals surface area contributed by atoms with Crippen LogP contribution in [0.15, 0.2) is 34.2 Å². The van der Waals surface area contributed by atoms with Gasteiger partial charge in [-0.25, -0.2) is 10.1 Å². The van der Waals surface area contributed by atoms with Crippen molar-refractivity contribution >= 4 is 35.4 Å². The van der Waals surface area contributed by atoms with E-state index in [1.54, 1.807) is 19.9 Å². The minimum Gasteiger partial charge on any atom is -0.288 e. The van der Waals surface area contributed by atoms with Crippen LogP contribution in [0.5, 0.6) is 0 Å². The molecule has 0 aliphatic carbocycles. The molecule has 2 heterocycles. The Bertz CT molecular complexity index is 1010. The number of benzene rings is 1. The number of halogens is 2. The van der Waals surface area contributed by atoms with Gasteiger partial charge in [-0.05, 0) is 26.0 Å². The van der Waals surface area contributed by atoms with Crippen molar-refractivity contribution < 1.29 is 0 Å². The Morgan fingerprint density at radius 3 is 2.68 bits per heavy atom. The highest BCUT2D eigenvalue weighted by molar-refractivity contribution is 6.34. The van der Waals surface area contributed by atoms with Gasteiger partial charge < -0.3 is 0 Å². The maximum atomic E-state index is 11.5. The van der Waals surface area contributed by atoms with Gasteiger partial charge in [0.25, 0.3) is 5.56 Å². The normalized spacial score (nSPS) is 11.2. The zero-order valence-electron chi connectivity index (χ0n) is 13.3. The number of hydrogen-bond donors (Lipinski definition) is 2. The van der Waals surface area contributed by atoms with Crippen molar-refractivity contribution in [3.05, 3.63) is 61.7 Å². The lowest BCUT2D eigenvalue weighted by molar-refractivity contribution is 0.863. The second-order valence-electron chi connectivity index (χ2n) is 5.11. The van der Waals surface area contributed by atoms with E-state index in [-0.39, 0.29) is 17.2 Å². The quantitative estimate of drug-likeness (QED) is 0.537. The van der Waals surface area contributed by atoms with E-state index in [2.05, 4.69) is 30.8 Å². The van der Waals surface area contributed by atoms with E-state index in [1.165, 1.54) is 10.9 Å². The van der Waals surface area contributed by atoms with Crippen LogP contribution in [-0.2, 0) is 0 Å². The molecule has 0 saturated carbocycles. The Balaban J connectivity index is 1.87. The van der Waals surface area contributed by atoms with Crippen molar-refractivity contribution in [2.45, 2.75) is 13.8 Å². The van der Waals surface area contributed by atoms with E-state index >= 15 is 0 Å². The van der Waals surface area contributed by atoms with Gasteiger partial charge in [0, 0.05) is 0 Å². The molecule has 8 nitrogen and oxygen atoms in total. The summed E-state index contributed by atoms with van der Waals surface area (Å²) in [6, 6.07) is 7.24. The molecule has 3 aromatic rings. The highest BCUT2D eigenvalue weighted by atomic mass is 35.5. The van der Waals surface area contributed by atoms with Gasteiger partial charge >= 0.3 is 0 Å². The number of aryl methyl sites for hydroxylation is 2. The minimum absolute atomic E-state index is 0.124. The average molecular weight is 378 g/mol. The van der Waals surface area contributed by atoms with Crippen LogP contribution >= 0.6 is 23.2 Å². The lowest BCUT2D eigenvalue weighted by Gasteiger charge is -2.04. The van der Waals surface area contributed by atoms with Crippen LogP contribution in [0, 0.1) is 13.8 Å². The fourth-order valence-corrected chi connectivity index (χ4v) is 2.57. The van der Waals surface area contributed by atoms with E-state index in [4.69, 9.17) is 23.2 Å². The van der Waals surface area contributed by atoms with Crippen molar-refractivity contribution in [1.82, 2.24) is 25.0 Å². The Hall–Kier alpha value is -2.71. The van der Waals surface area contributed by atoms with E-state index in [1.807, 2.05) is 18.2 Å². The lowest BCUT2D eigenvalue weighted by Crippen LogP contribution is -2.15. The van der Waals surface area contributed by atoms with Gasteiger partial charge in [0.2, 0.25) is 5.95 Å². The molecule has 128 valence electrons. The maximum absolute atomic E-state index is 11.5. The monoisotopic (exact) mass is 377 g/mol. The molecule has 3 rings (SSSR count). The van der Waals surface area contributed by atoms with Crippen LogP contribution in [-0.4, -0.2) is 31.2 Å². The number of H-pyrrole nitrogens is 1. The van der Waals surface area contributed by atoms with Crippen molar-refractivity contribution in [3.8, 4) is 5.69 Å². The van der Waals surface area contributed by atoms with Crippen LogP contribution in [0.25, 0.3) is 5.69 Å². The van der Waals surface area contributed by atoms with E-state index in [9.17, 15) is 4.79 Å². The molecular weight excluding hydrogens is 365 g/mol. The predicted molar refractivity (Wildman–Crippen MR) is 96.9 cm³/mol. The highest BCUT2D eigenvalue weighted by Crippen LogP contribution is 2.26. The number of rotatable bonds is 4. The minimum atomic E-state index is -0.339. The Kier molecular flexibility index (Phi) is 4.82. The molecule has 1 aromatic carbocycles. The summed E-state index contributed by atoms with van der Waals surface area (Å²) in [6.45, 7) is 3.36. The van der Waals surface area contributed by atoms with Gasteiger partial charge in [-0.3, -0.25) is 9.78 Å². The topological polar surface area (TPSA) is 101 Å². The summed E-state index contributed by atoms with van der Waals surface area (Å²) < 4.78 is 1.54. The van der Waals surface area contributed by atoms with Gasteiger partial charge in [-0.1, -0.05) is 35.3 Å². The van der Waals surface area contributed by atoms with Crippen molar-refractivity contribution in [1.29, 1.82) is 0 Å². The summed E-state index contributed by atoms with van der Waals surface area (Å²) in [5, 5.41) is 16.8.